The van der Waals surface area contributed by atoms with Crippen molar-refractivity contribution in [2.45, 2.75) is 39.2 Å². The van der Waals surface area contributed by atoms with Gasteiger partial charge in [-0.2, -0.15) is 0 Å². The average Bonchev–Trinajstić information content (AvgIpc) is 3.29. The molecule has 2 aliphatic heterocycles. The van der Waals surface area contributed by atoms with E-state index in [4.69, 9.17) is 9.47 Å². The van der Waals surface area contributed by atoms with Gasteiger partial charge in [-0.25, -0.2) is 4.79 Å². The van der Waals surface area contributed by atoms with E-state index in [-0.39, 0.29) is 45.4 Å². The van der Waals surface area contributed by atoms with E-state index in [2.05, 4.69) is 0 Å². The van der Waals surface area contributed by atoms with Crippen molar-refractivity contribution >= 4 is 48.2 Å². The molecule has 2 aromatic rings. The number of benzene rings is 2. The van der Waals surface area contributed by atoms with Gasteiger partial charge in [0.1, 0.15) is 41.5 Å². The van der Waals surface area contributed by atoms with E-state index in [0.717, 1.165) is 39.0 Å². The highest BCUT2D eigenvalue weighted by atomic mass is 16.6. The number of fused-ring (bicyclic) bond motifs is 2. The standard InChI is InChI=1S/C20H10O7.C8H15NO2.C4H7NO/c21-7-15-17(23)11-3-1-9(5-13(11)19(15)25)27-10-2-4-12-14(6-10)20(26)16(8-22)18(12)24;1-8(2,3)11-7(10)9-5-4-6-9;6-4-5-2-1-3-5/h1-8,15-16H;4-6H2,1-3H3;4H,1-3H2. The first-order valence-corrected chi connectivity index (χ1v) is 14.1. The predicted molar refractivity (Wildman–Crippen MR) is 154 cm³/mol. The summed E-state index contributed by atoms with van der Waals surface area (Å²) in [6, 6.07) is 8.44. The molecule has 0 N–H and O–H groups in total. The smallest absolute Gasteiger partial charge is 0.410 e. The summed E-state index contributed by atoms with van der Waals surface area (Å²) in [7, 11) is 0. The molecule has 6 rings (SSSR count). The minimum absolute atomic E-state index is 0.100. The Bertz CT molecular complexity index is 1450. The third kappa shape index (κ3) is 6.80. The SMILES string of the molecule is CC(C)(C)OC(=O)N1CCC1.O=CC1C(=O)c2ccc(Oc3ccc4c(c3)C(=O)C(C=O)C4=O)cc2C1=O.O=CN1CCC1. The molecule has 230 valence electrons. The Morgan fingerprint density at radius 1 is 0.705 bits per heavy atom. The number of carbonyl (C=O) groups excluding carboxylic acids is 8. The van der Waals surface area contributed by atoms with Gasteiger partial charge in [0, 0.05) is 48.4 Å². The topological polar surface area (TPSA) is 161 Å². The molecule has 2 unspecified atom stereocenters. The molecule has 2 atom stereocenters. The third-order valence-electron chi connectivity index (χ3n) is 7.23. The first kappa shape index (κ1) is 31.9. The van der Waals surface area contributed by atoms with Crippen LogP contribution in [0.4, 0.5) is 4.79 Å². The predicted octanol–water partition coefficient (Wildman–Crippen LogP) is 3.34. The van der Waals surface area contributed by atoms with Crippen LogP contribution in [-0.4, -0.2) is 89.8 Å². The second-order valence-corrected chi connectivity index (χ2v) is 11.5. The molecule has 2 amide bonds. The maximum absolute atomic E-state index is 12.1. The van der Waals surface area contributed by atoms with Crippen molar-refractivity contribution in [2.24, 2.45) is 11.8 Å². The Morgan fingerprint density at radius 2 is 1.14 bits per heavy atom. The summed E-state index contributed by atoms with van der Waals surface area (Å²) in [5.74, 6) is -4.44. The number of nitrogens with zero attached hydrogens (tertiary/aromatic N) is 2. The van der Waals surface area contributed by atoms with Crippen molar-refractivity contribution in [3.63, 3.8) is 0 Å². The van der Waals surface area contributed by atoms with Crippen molar-refractivity contribution in [1.82, 2.24) is 9.80 Å². The minimum Gasteiger partial charge on any atom is -0.457 e. The molecule has 2 saturated heterocycles. The van der Waals surface area contributed by atoms with Gasteiger partial charge in [0.2, 0.25) is 6.41 Å². The molecule has 2 heterocycles. The van der Waals surface area contributed by atoms with Gasteiger partial charge >= 0.3 is 6.09 Å². The molecule has 0 aromatic heterocycles. The van der Waals surface area contributed by atoms with Crippen molar-refractivity contribution in [2.75, 3.05) is 26.2 Å². The zero-order chi connectivity index (χ0) is 32.2. The summed E-state index contributed by atoms with van der Waals surface area (Å²) < 4.78 is 10.8. The van der Waals surface area contributed by atoms with Gasteiger partial charge in [-0.1, -0.05) is 0 Å². The minimum atomic E-state index is -1.32. The van der Waals surface area contributed by atoms with Gasteiger partial charge in [0.25, 0.3) is 0 Å². The van der Waals surface area contributed by atoms with Crippen molar-refractivity contribution < 1.29 is 47.8 Å². The van der Waals surface area contributed by atoms with Crippen LogP contribution in [0.1, 0.15) is 75.0 Å². The number of ether oxygens (including phenoxy) is 2. The number of aldehydes is 2. The van der Waals surface area contributed by atoms with Crippen LogP contribution in [0.3, 0.4) is 0 Å². The van der Waals surface area contributed by atoms with E-state index in [1.54, 1.807) is 9.80 Å². The first-order valence-electron chi connectivity index (χ1n) is 14.1. The lowest BCUT2D eigenvalue weighted by molar-refractivity contribution is -0.121. The molecule has 2 aliphatic carbocycles. The maximum Gasteiger partial charge on any atom is 0.410 e. The van der Waals surface area contributed by atoms with Crippen molar-refractivity contribution in [1.29, 1.82) is 0 Å². The molecule has 4 aliphatic rings. The Morgan fingerprint density at radius 3 is 1.43 bits per heavy atom. The molecule has 12 nitrogen and oxygen atoms in total. The van der Waals surface area contributed by atoms with Gasteiger partial charge < -0.3 is 28.9 Å². The maximum atomic E-state index is 12.1. The molecule has 2 aromatic carbocycles. The lowest BCUT2D eigenvalue weighted by Crippen LogP contribution is -2.44. The van der Waals surface area contributed by atoms with Crippen LogP contribution in [-0.2, 0) is 19.1 Å². The highest BCUT2D eigenvalue weighted by Gasteiger charge is 2.40. The Balaban J connectivity index is 0.000000212. The van der Waals surface area contributed by atoms with Crippen LogP contribution in [0.15, 0.2) is 36.4 Å². The van der Waals surface area contributed by atoms with E-state index in [9.17, 15) is 38.4 Å². The molecular formula is C32H32N2O10. The summed E-state index contributed by atoms with van der Waals surface area (Å²) in [5.41, 5.74) is 0.166. The Kier molecular flexibility index (Phi) is 9.51. The number of Topliss-reactive ketones (excluding diaryl/α,β-unsaturated/α-hetero) is 4. The quantitative estimate of drug-likeness (QED) is 0.366. The van der Waals surface area contributed by atoms with Crippen LogP contribution >= 0.6 is 0 Å². The number of hydrogen-bond donors (Lipinski definition) is 0. The summed E-state index contributed by atoms with van der Waals surface area (Å²) in [6.45, 7) is 9.30. The molecular weight excluding hydrogens is 572 g/mol. The van der Waals surface area contributed by atoms with Crippen LogP contribution in [0, 0.1) is 11.8 Å². The number of carbonyl (C=O) groups is 8. The number of ketones is 4. The summed E-state index contributed by atoms with van der Waals surface area (Å²) in [5, 5.41) is 0. The summed E-state index contributed by atoms with van der Waals surface area (Å²) in [4.78, 5) is 94.4. The molecule has 2 fully saturated rings. The molecule has 0 bridgehead atoms. The van der Waals surface area contributed by atoms with Gasteiger partial charge in [-0.3, -0.25) is 24.0 Å². The first-order chi connectivity index (χ1) is 20.9. The Hall–Kier alpha value is -5.00. The van der Waals surface area contributed by atoms with Gasteiger partial charge in [0.15, 0.2) is 23.1 Å². The average molecular weight is 605 g/mol. The van der Waals surface area contributed by atoms with E-state index in [1.807, 2.05) is 20.8 Å². The lowest BCUT2D eigenvalue weighted by Gasteiger charge is -2.32. The van der Waals surface area contributed by atoms with Crippen molar-refractivity contribution in [3.8, 4) is 11.5 Å². The van der Waals surface area contributed by atoms with Crippen LogP contribution in [0.2, 0.25) is 0 Å². The third-order valence-corrected chi connectivity index (χ3v) is 7.23. The molecule has 44 heavy (non-hydrogen) atoms. The van der Waals surface area contributed by atoms with Crippen LogP contribution in [0.5, 0.6) is 11.5 Å². The van der Waals surface area contributed by atoms with Gasteiger partial charge in [-0.15, -0.1) is 0 Å². The van der Waals surface area contributed by atoms with E-state index in [0.29, 0.717) is 12.6 Å². The van der Waals surface area contributed by atoms with Gasteiger partial charge in [-0.05, 0) is 70.0 Å². The largest absolute Gasteiger partial charge is 0.457 e. The molecule has 12 heteroatoms. The molecule has 0 saturated carbocycles. The lowest BCUT2D eigenvalue weighted by atomic mass is 10.1. The molecule has 0 spiro atoms. The van der Waals surface area contributed by atoms with E-state index < -0.39 is 35.0 Å². The summed E-state index contributed by atoms with van der Waals surface area (Å²) >= 11 is 0. The Labute approximate surface area is 253 Å². The second kappa shape index (κ2) is 13.1. The second-order valence-electron chi connectivity index (χ2n) is 11.5. The number of likely N-dealkylation sites (tertiary alicyclic amines) is 2. The van der Waals surface area contributed by atoms with E-state index in [1.165, 1.54) is 42.8 Å². The highest BCUT2D eigenvalue weighted by Crippen LogP contribution is 2.34. The fraction of sp³-hybridized carbons (Fsp3) is 0.375. The fourth-order valence-corrected chi connectivity index (χ4v) is 4.57. The zero-order valence-electron chi connectivity index (χ0n) is 24.6. The fourth-order valence-electron chi connectivity index (χ4n) is 4.57. The van der Waals surface area contributed by atoms with Crippen LogP contribution in [0.25, 0.3) is 0 Å². The van der Waals surface area contributed by atoms with Crippen molar-refractivity contribution in [3.05, 3.63) is 58.7 Å². The normalized spacial score (nSPS) is 19.6. The number of rotatable bonds is 5. The highest BCUT2D eigenvalue weighted by molar-refractivity contribution is 6.33. The van der Waals surface area contributed by atoms with E-state index >= 15 is 0 Å². The number of hydrogen-bond acceptors (Lipinski definition) is 10. The monoisotopic (exact) mass is 604 g/mol. The number of amides is 2. The summed E-state index contributed by atoms with van der Waals surface area (Å²) in [6.07, 6.45) is 3.65. The zero-order valence-corrected chi connectivity index (χ0v) is 24.6. The molecule has 0 radical (unpaired) electrons. The van der Waals surface area contributed by atoms with Crippen LogP contribution < -0.4 is 4.74 Å². The van der Waals surface area contributed by atoms with Gasteiger partial charge in [0.05, 0.1) is 0 Å².